The fraction of sp³-hybridized carbons (Fsp3) is 1.00. The molecule has 0 aromatic carbocycles. The van der Waals surface area contributed by atoms with Crippen LogP contribution in [0.4, 0.5) is 17.6 Å². The van der Waals surface area contributed by atoms with Gasteiger partial charge in [0.15, 0.2) is 0 Å². The average molecular weight is 165 g/mol. The third kappa shape index (κ3) is 8.01. The normalized spacial score (nSPS) is 14.0. The quantitative estimate of drug-likeness (QED) is 0.435. The molecule has 0 atom stereocenters. The molecule has 0 aromatic rings. The van der Waals surface area contributed by atoms with Crippen LogP contribution in [0.25, 0.3) is 0 Å². The first-order valence-electron chi connectivity index (χ1n) is 2.15. The summed E-state index contributed by atoms with van der Waals surface area (Å²) in [5.74, 6) is -3.40. The first-order chi connectivity index (χ1) is 3.71. The van der Waals surface area contributed by atoms with E-state index in [0.29, 0.717) is 6.92 Å². The van der Waals surface area contributed by atoms with Crippen LogP contribution >= 0.6 is 11.6 Å². The molecule has 0 aliphatic rings. The van der Waals surface area contributed by atoms with Crippen LogP contribution in [0.3, 0.4) is 0 Å². The summed E-state index contributed by atoms with van der Waals surface area (Å²) in [7, 11) is 0. The third-order valence-corrected chi connectivity index (χ3v) is 0.644. The van der Waals surface area contributed by atoms with Gasteiger partial charge in [0.25, 0.3) is 5.92 Å². The van der Waals surface area contributed by atoms with Crippen molar-refractivity contribution in [1.29, 1.82) is 0 Å². The van der Waals surface area contributed by atoms with Crippen LogP contribution < -0.4 is 0 Å². The van der Waals surface area contributed by atoms with Gasteiger partial charge in [0.2, 0.25) is 0 Å². The van der Waals surface area contributed by atoms with Crippen molar-refractivity contribution in [1.82, 2.24) is 0 Å². The minimum Gasteiger partial charge on any atom is -0.207 e. The predicted octanol–water partition coefficient (Wildman–Crippen LogP) is 2.86. The van der Waals surface area contributed by atoms with E-state index in [-0.39, 0.29) is 0 Å². The van der Waals surface area contributed by atoms with Gasteiger partial charge in [-0.05, 0) is 18.5 Å². The highest BCUT2D eigenvalue weighted by molar-refractivity contribution is 6.21. The Morgan fingerprint density at radius 1 is 1.22 bits per heavy atom. The minimum atomic E-state index is -3.79. The molecular formula is C4H5ClF4. The average Bonchev–Trinajstić information content (AvgIpc) is 1.14. The Bertz CT molecular complexity index is 77.7. The second-order valence-electron chi connectivity index (χ2n) is 1.86. The molecule has 0 unspecified atom stereocenters. The lowest BCUT2D eigenvalue weighted by atomic mass is 10.3. The lowest BCUT2D eigenvalue weighted by molar-refractivity contribution is -0.0566. The predicted molar refractivity (Wildman–Crippen MR) is 26.0 cm³/mol. The van der Waals surface area contributed by atoms with Crippen LogP contribution in [-0.2, 0) is 0 Å². The molecule has 5 heteroatoms. The molecular weight excluding hydrogens is 159 g/mol. The Morgan fingerprint density at radius 2 is 1.56 bits per heavy atom. The Hall–Kier alpha value is 0.01000. The molecule has 0 aliphatic carbocycles. The van der Waals surface area contributed by atoms with Crippen molar-refractivity contribution in [2.75, 3.05) is 0 Å². The van der Waals surface area contributed by atoms with E-state index in [9.17, 15) is 17.6 Å². The highest BCUT2D eigenvalue weighted by Gasteiger charge is 2.37. The second kappa shape index (κ2) is 2.33. The van der Waals surface area contributed by atoms with E-state index in [2.05, 4.69) is 11.6 Å². The monoisotopic (exact) mass is 164 g/mol. The summed E-state index contributed by atoms with van der Waals surface area (Å²) in [6, 6.07) is 0. The lowest BCUT2D eigenvalue weighted by Crippen LogP contribution is -2.20. The summed E-state index contributed by atoms with van der Waals surface area (Å²) in [5.41, 5.74) is 0. The van der Waals surface area contributed by atoms with E-state index < -0.39 is 17.7 Å². The van der Waals surface area contributed by atoms with E-state index in [1.807, 2.05) is 0 Å². The molecule has 0 saturated carbocycles. The maximum atomic E-state index is 11.7. The van der Waals surface area contributed by atoms with Gasteiger partial charge in [0.1, 0.15) is 0 Å². The summed E-state index contributed by atoms with van der Waals surface area (Å²) >= 11 is 4.20. The number of hydrogen-bond acceptors (Lipinski definition) is 0. The maximum absolute atomic E-state index is 11.7. The molecule has 0 rings (SSSR count). The molecule has 0 aliphatic heterocycles. The molecule has 0 amide bonds. The Morgan fingerprint density at radius 3 is 1.56 bits per heavy atom. The van der Waals surface area contributed by atoms with E-state index in [1.165, 1.54) is 0 Å². The summed E-state index contributed by atoms with van der Waals surface area (Å²) in [4.78, 5) is 0. The Balaban J connectivity index is 3.75. The molecule has 56 valence electrons. The van der Waals surface area contributed by atoms with Gasteiger partial charge < -0.3 is 0 Å². The minimum absolute atomic E-state index is 0.392. The molecule has 0 saturated heterocycles. The molecule has 0 spiro atoms. The van der Waals surface area contributed by atoms with Gasteiger partial charge in [0, 0.05) is 0 Å². The van der Waals surface area contributed by atoms with Gasteiger partial charge in [-0.25, -0.2) is 8.78 Å². The summed E-state index contributed by atoms with van der Waals surface area (Å²) in [6.45, 7) is 0.392. The number of rotatable bonds is 2. The zero-order chi connectivity index (χ0) is 7.71. The first-order valence-corrected chi connectivity index (χ1v) is 2.53. The van der Waals surface area contributed by atoms with Crippen molar-refractivity contribution in [3.63, 3.8) is 0 Å². The molecule has 0 nitrogen and oxygen atoms in total. The van der Waals surface area contributed by atoms with Gasteiger partial charge in [-0.15, -0.1) is 0 Å². The first kappa shape index (κ1) is 9.01. The topological polar surface area (TPSA) is 0 Å². The van der Waals surface area contributed by atoms with Gasteiger partial charge in [-0.3, -0.25) is 0 Å². The molecule has 0 radical (unpaired) electrons. The zero-order valence-corrected chi connectivity index (χ0v) is 5.35. The van der Waals surface area contributed by atoms with Gasteiger partial charge >= 0.3 is 5.38 Å². The number of alkyl halides is 5. The van der Waals surface area contributed by atoms with Gasteiger partial charge in [-0.1, -0.05) is 0 Å². The maximum Gasteiger partial charge on any atom is 0.327 e. The van der Waals surface area contributed by atoms with E-state index in [1.54, 1.807) is 0 Å². The SMILES string of the molecule is CC(F)(F)CC(F)(F)Cl. The van der Waals surface area contributed by atoms with E-state index in [4.69, 9.17) is 0 Å². The van der Waals surface area contributed by atoms with Crippen LogP contribution in [-0.4, -0.2) is 11.3 Å². The molecule has 0 aromatic heterocycles. The highest BCUT2D eigenvalue weighted by atomic mass is 35.5. The van der Waals surface area contributed by atoms with Gasteiger partial charge in [-0.2, -0.15) is 8.78 Å². The third-order valence-electron chi connectivity index (χ3n) is 0.511. The molecule has 0 N–H and O–H groups in total. The molecule has 9 heavy (non-hydrogen) atoms. The smallest absolute Gasteiger partial charge is 0.207 e. The Kier molecular flexibility index (Phi) is 2.33. The van der Waals surface area contributed by atoms with Crippen molar-refractivity contribution in [3.8, 4) is 0 Å². The number of halogens is 5. The lowest BCUT2D eigenvalue weighted by Gasteiger charge is -2.12. The van der Waals surface area contributed by atoms with Crippen LogP contribution in [0.15, 0.2) is 0 Å². The van der Waals surface area contributed by atoms with E-state index in [0.717, 1.165) is 0 Å². The summed E-state index contributed by atoms with van der Waals surface area (Å²) in [6.07, 6.45) is -1.61. The van der Waals surface area contributed by atoms with Crippen LogP contribution in [0.2, 0.25) is 0 Å². The molecule has 0 heterocycles. The van der Waals surface area contributed by atoms with Crippen molar-refractivity contribution in [2.24, 2.45) is 0 Å². The zero-order valence-electron chi connectivity index (χ0n) is 4.60. The van der Waals surface area contributed by atoms with Gasteiger partial charge in [0.05, 0.1) is 6.42 Å². The second-order valence-corrected chi connectivity index (χ2v) is 2.42. The largest absolute Gasteiger partial charge is 0.327 e. The van der Waals surface area contributed by atoms with Crippen molar-refractivity contribution >= 4 is 11.6 Å². The van der Waals surface area contributed by atoms with Crippen LogP contribution in [0.5, 0.6) is 0 Å². The summed E-state index contributed by atoms with van der Waals surface area (Å²) in [5, 5.41) is -3.79. The Labute approximate surface area is 54.8 Å². The standard InChI is InChI=1S/C4H5ClF4/c1-3(6,7)2-4(5,8)9/h2H2,1H3. The fourth-order valence-corrected chi connectivity index (χ4v) is 0.587. The number of hydrogen-bond donors (Lipinski definition) is 0. The van der Waals surface area contributed by atoms with Crippen molar-refractivity contribution in [3.05, 3.63) is 0 Å². The fourth-order valence-electron chi connectivity index (χ4n) is 0.352. The molecule has 0 bridgehead atoms. The van der Waals surface area contributed by atoms with E-state index >= 15 is 0 Å². The van der Waals surface area contributed by atoms with Crippen molar-refractivity contribution < 1.29 is 17.6 Å². The highest BCUT2D eigenvalue weighted by Crippen LogP contribution is 2.32. The summed E-state index contributed by atoms with van der Waals surface area (Å²) < 4.78 is 46.3. The van der Waals surface area contributed by atoms with Crippen molar-refractivity contribution in [2.45, 2.75) is 24.6 Å². The molecule has 0 fully saturated rings. The van der Waals surface area contributed by atoms with Crippen LogP contribution in [0, 0.1) is 0 Å². The van der Waals surface area contributed by atoms with Crippen LogP contribution in [0.1, 0.15) is 13.3 Å².